The van der Waals surface area contributed by atoms with Crippen molar-refractivity contribution in [1.29, 1.82) is 0 Å². The van der Waals surface area contributed by atoms with Gasteiger partial charge < -0.3 is 16.0 Å². The zero-order valence-corrected chi connectivity index (χ0v) is 15.1. The number of carbonyl (C=O) groups excluding carboxylic acids is 2. The summed E-state index contributed by atoms with van der Waals surface area (Å²) < 4.78 is 0. The molecule has 2 unspecified atom stereocenters. The number of nitrogens with zero attached hydrogens (tertiary/aromatic N) is 1. The highest BCUT2D eigenvalue weighted by Gasteiger charge is 2.35. The van der Waals surface area contributed by atoms with Crippen LogP contribution in [-0.4, -0.2) is 41.9 Å². The number of amides is 2. The van der Waals surface area contributed by atoms with Crippen molar-refractivity contribution in [3.63, 3.8) is 0 Å². The molecule has 5 nitrogen and oxygen atoms in total. The molecule has 1 saturated carbocycles. The van der Waals surface area contributed by atoms with Gasteiger partial charge in [0.15, 0.2) is 0 Å². The van der Waals surface area contributed by atoms with Gasteiger partial charge in [-0.05, 0) is 38.0 Å². The van der Waals surface area contributed by atoms with E-state index >= 15 is 0 Å². The molecule has 0 radical (unpaired) electrons. The van der Waals surface area contributed by atoms with Gasteiger partial charge in [-0.3, -0.25) is 9.59 Å². The average molecular weight is 346 g/mol. The van der Waals surface area contributed by atoms with Gasteiger partial charge in [-0.25, -0.2) is 0 Å². The minimum absolute atomic E-state index is 0. The lowest BCUT2D eigenvalue weighted by Gasteiger charge is -2.32. The first kappa shape index (κ1) is 20.2. The van der Waals surface area contributed by atoms with Crippen molar-refractivity contribution in [2.45, 2.75) is 76.8 Å². The Morgan fingerprint density at radius 3 is 2.48 bits per heavy atom. The fourth-order valence-corrected chi connectivity index (χ4v) is 3.88. The molecule has 1 aliphatic heterocycles. The van der Waals surface area contributed by atoms with E-state index in [0.717, 1.165) is 32.1 Å². The Bertz CT molecular complexity index is 386. The van der Waals surface area contributed by atoms with E-state index in [2.05, 4.69) is 5.32 Å². The average Bonchev–Trinajstić information content (AvgIpc) is 3.03. The second-order valence-corrected chi connectivity index (χ2v) is 6.74. The highest BCUT2D eigenvalue weighted by Crippen LogP contribution is 2.27. The monoisotopic (exact) mass is 345 g/mol. The number of carbonyl (C=O) groups is 2. The quantitative estimate of drug-likeness (QED) is 0.775. The van der Waals surface area contributed by atoms with Gasteiger partial charge in [-0.2, -0.15) is 0 Å². The van der Waals surface area contributed by atoms with E-state index < -0.39 is 0 Å². The third-order valence-corrected chi connectivity index (χ3v) is 5.14. The summed E-state index contributed by atoms with van der Waals surface area (Å²) in [5.41, 5.74) is 5.90. The largest absolute Gasteiger partial charge is 0.350 e. The summed E-state index contributed by atoms with van der Waals surface area (Å²) >= 11 is 0. The van der Waals surface area contributed by atoms with E-state index in [-0.39, 0.29) is 36.3 Å². The maximum Gasteiger partial charge on any atom is 0.243 e. The Labute approximate surface area is 146 Å². The minimum Gasteiger partial charge on any atom is -0.350 e. The zero-order valence-electron chi connectivity index (χ0n) is 14.3. The zero-order chi connectivity index (χ0) is 15.9. The molecule has 6 heteroatoms. The Morgan fingerprint density at radius 2 is 1.87 bits per heavy atom. The van der Waals surface area contributed by atoms with E-state index in [9.17, 15) is 9.59 Å². The maximum atomic E-state index is 12.6. The van der Waals surface area contributed by atoms with E-state index in [1.807, 2.05) is 6.92 Å². The van der Waals surface area contributed by atoms with Crippen LogP contribution in [-0.2, 0) is 9.59 Å². The Balaban J connectivity index is 0.00000264. The van der Waals surface area contributed by atoms with E-state index in [0.29, 0.717) is 25.4 Å². The first-order valence-electron chi connectivity index (χ1n) is 8.97. The van der Waals surface area contributed by atoms with Crippen LogP contribution in [0.2, 0.25) is 0 Å². The lowest BCUT2D eigenvalue weighted by molar-refractivity contribution is -0.138. The van der Waals surface area contributed by atoms with Crippen LogP contribution in [0.25, 0.3) is 0 Å². The fourth-order valence-electron chi connectivity index (χ4n) is 3.88. The second-order valence-electron chi connectivity index (χ2n) is 6.74. The molecule has 1 aliphatic carbocycles. The molecule has 0 spiro atoms. The summed E-state index contributed by atoms with van der Waals surface area (Å²) in [5.74, 6) is 0.619. The van der Waals surface area contributed by atoms with Gasteiger partial charge >= 0.3 is 0 Å². The summed E-state index contributed by atoms with van der Waals surface area (Å²) in [6, 6.07) is -0.215. The number of halogens is 1. The number of hydrogen-bond acceptors (Lipinski definition) is 3. The first-order valence-corrected chi connectivity index (χ1v) is 8.97. The Morgan fingerprint density at radius 1 is 1.17 bits per heavy atom. The summed E-state index contributed by atoms with van der Waals surface area (Å²) in [4.78, 5) is 26.5. The van der Waals surface area contributed by atoms with Crippen molar-refractivity contribution in [1.82, 2.24) is 10.2 Å². The molecule has 1 heterocycles. The van der Waals surface area contributed by atoms with Crippen LogP contribution in [0.5, 0.6) is 0 Å². The van der Waals surface area contributed by atoms with Crippen LogP contribution in [0.15, 0.2) is 0 Å². The molecular weight excluding hydrogens is 314 g/mol. The normalized spacial score (nSPS) is 23.2. The molecule has 0 bridgehead atoms. The first-order chi connectivity index (χ1) is 10.7. The predicted octanol–water partition coefficient (Wildman–Crippen LogP) is 2.22. The van der Waals surface area contributed by atoms with Crippen LogP contribution in [0.1, 0.15) is 64.7 Å². The maximum absolute atomic E-state index is 12.6. The molecule has 0 aromatic rings. The lowest BCUT2D eigenvalue weighted by atomic mass is 9.84. The smallest absolute Gasteiger partial charge is 0.243 e. The summed E-state index contributed by atoms with van der Waals surface area (Å²) in [7, 11) is 0. The minimum atomic E-state index is -0.281. The number of likely N-dealkylation sites (tertiary alicyclic amines) is 1. The number of hydrogen-bond donors (Lipinski definition) is 2. The van der Waals surface area contributed by atoms with E-state index in [4.69, 9.17) is 5.73 Å². The standard InChI is InChI=1S/C17H31N3O2.ClH/c1-2-7-16(21)20-11-6-10-15(20)17(22)19-14(12-18)13-8-4-3-5-9-13;/h13-15H,2-12,18H2,1H3,(H,19,22);1H. The SMILES string of the molecule is CCCC(=O)N1CCCC1C(=O)NC(CN)C1CCCCC1.Cl. The predicted molar refractivity (Wildman–Crippen MR) is 94.5 cm³/mol. The van der Waals surface area contributed by atoms with Crippen LogP contribution in [0.4, 0.5) is 0 Å². The molecule has 1 saturated heterocycles. The van der Waals surface area contributed by atoms with Gasteiger partial charge in [-0.15, -0.1) is 12.4 Å². The van der Waals surface area contributed by atoms with Crippen molar-refractivity contribution >= 4 is 24.2 Å². The van der Waals surface area contributed by atoms with E-state index in [1.165, 1.54) is 19.3 Å². The molecule has 0 aromatic heterocycles. The highest BCUT2D eigenvalue weighted by atomic mass is 35.5. The molecular formula is C17H32ClN3O2. The topological polar surface area (TPSA) is 75.4 Å². The fraction of sp³-hybridized carbons (Fsp3) is 0.882. The second kappa shape index (κ2) is 10.1. The van der Waals surface area contributed by atoms with Gasteiger partial charge in [0, 0.05) is 25.6 Å². The molecule has 0 aromatic carbocycles. The van der Waals surface area contributed by atoms with Crippen molar-refractivity contribution in [2.75, 3.05) is 13.1 Å². The van der Waals surface area contributed by atoms with Gasteiger partial charge in [0.1, 0.15) is 6.04 Å². The molecule has 2 aliphatic rings. The van der Waals surface area contributed by atoms with Crippen molar-refractivity contribution < 1.29 is 9.59 Å². The van der Waals surface area contributed by atoms with E-state index in [1.54, 1.807) is 4.90 Å². The van der Waals surface area contributed by atoms with Crippen LogP contribution in [0.3, 0.4) is 0 Å². The summed E-state index contributed by atoms with van der Waals surface area (Å²) in [6.07, 6.45) is 9.15. The highest BCUT2D eigenvalue weighted by molar-refractivity contribution is 5.88. The van der Waals surface area contributed by atoms with Gasteiger partial charge in [0.05, 0.1) is 0 Å². The molecule has 2 fully saturated rings. The summed E-state index contributed by atoms with van der Waals surface area (Å²) in [6.45, 7) is 3.20. The molecule has 2 atom stereocenters. The van der Waals surface area contributed by atoms with Crippen LogP contribution >= 0.6 is 12.4 Å². The Kier molecular flexibility index (Phi) is 8.92. The van der Waals surface area contributed by atoms with Crippen molar-refractivity contribution in [3.8, 4) is 0 Å². The van der Waals surface area contributed by atoms with Gasteiger partial charge in [0.25, 0.3) is 0 Å². The third kappa shape index (κ3) is 5.35. The molecule has 23 heavy (non-hydrogen) atoms. The molecule has 2 amide bonds. The molecule has 2 rings (SSSR count). The van der Waals surface area contributed by atoms with Crippen molar-refractivity contribution in [3.05, 3.63) is 0 Å². The van der Waals surface area contributed by atoms with Crippen molar-refractivity contribution in [2.24, 2.45) is 11.7 Å². The summed E-state index contributed by atoms with van der Waals surface area (Å²) in [5, 5.41) is 3.15. The molecule has 3 N–H and O–H groups in total. The lowest BCUT2D eigenvalue weighted by Crippen LogP contribution is -2.53. The van der Waals surface area contributed by atoms with Gasteiger partial charge in [0.2, 0.25) is 11.8 Å². The van der Waals surface area contributed by atoms with Crippen LogP contribution < -0.4 is 11.1 Å². The van der Waals surface area contributed by atoms with Crippen LogP contribution in [0, 0.1) is 5.92 Å². The number of nitrogens with one attached hydrogen (secondary N) is 1. The number of rotatable bonds is 6. The third-order valence-electron chi connectivity index (χ3n) is 5.14. The molecule has 134 valence electrons. The van der Waals surface area contributed by atoms with Gasteiger partial charge in [-0.1, -0.05) is 26.2 Å². The number of nitrogens with two attached hydrogens (primary N) is 1. The Hall–Kier alpha value is -0.810.